The summed E-state index contributed by atoms with van der Waals surface area (Å²) < 4.78 is 0. The highest BCUT2D eigenvalue weighted by atomic mass is 16.2. The molecule has 2 aliphatic heterocycles. The van der Waals surface area contributed by atoms with E-state index >= 15 is 0 Å². The van der Waals surface area contributed by atoms with Crippen LogP contribution in [0.15, 0.2) is 12.7 Å². The summed E-state index contributed by atoms with van der Waals surface area (Å²) in [7, 11) is 0. The molecule has 7 nitrogen and oxygen atoms in total. The van der Waals surface area contributed by atoms with Crippen LogP contribution in [-0.4, -0.2) is 53.6 Å². The molecule has 0 aromatic heterocycles. The van der Waals surface area contributed by atoms with Crippen molar-refractivity contribution in [2.45, 2.75) is 90.6 Å². The molecule has 3 amide bonds. The van der Waals surface area contributed by atoms with E-state index in [9.17, 15) is 19.2 Å². The summed E-state index contributed by atoms with van der Waals surface area (Å²) in [5.74, 6) is -1.30. The molecular formula is C26H41N3O4. The maximum atomic E-state index is 13.5. The third kappa shape index (κ3) is 5.67. The van der Waals surface area contributed by atoms with E-state index in [2.05, 4.69) is 31.1 Å². The molecule has 5 atom stereocenters. The molecule has 2 N–H and O–H groups in total. The van der Waals surface area contributed by atoms with E-state index in [1.165, 1.54) is 6.08 Å². The quantitative estimate of drug-likeness (QED) is 0.499. The minimum Gasteiger partial charge on any atom is -0.346 e. The number of amides is 3. The number of rotatable bonds is 4. The summed E-state index contributed by atoms with van der Waals surface area (Å²) >= 11 is 0. The molecule has 1 saturated carbocycles. The van der Waals surface area contributed by atoms with Crippen LogP contribution < -0.4 is 10.6 Å². The Hall–Kier alpha value is -2.18. The van der Waals surface area contributed by atoms with Crippen LogP contribution in [0.2, 0.25) is 0 Å². The Morgan fingerprint density at radius 3 is 2.33 bits per heavy atom. The standard InChI is InChI=1S/C26H41N3O4/c1-5-15-27-24(32)22(30)19-14-12-10-8-6-7-9-11-13-17(2)25(33)29-16-18-20(26(18,3)4)21(29)23(31)28-19/h5,17-21H,1,6-16H2,2-4H3,(H,27,32)(H,28,31)/t17-,18-,19-,20-,21-/m0/s1. The molecule has 0 spiro atoms. The Balaban J connectivity index is 1.80. The Morgan fingerprint density at radius 2 is 1.70 bits per heavy atom. The largest absolute Gasteiger partial charge is 0.346 e. The second-order valence-electron chi connectivity index (χ2n) is 10.8. The molecule has 3 fully saturated rings. The molecule has 0 radical (unpaired) electrons. The third-order valence-corrected chi connectivity index (χ3v) is 8.08. The van der Waals surface area contributed by atoms with Gasteiger partial charge in [0.15, 0.2) is 0 Å². The topological polar surface area (TPSA) is 95.6 Å². The van der Waals surface area contributed by atoms with Crippen LogP contribution in [0.3, 0.4) is 0 Å². The van der Waals surface area contributed by atoms with Crippen molar-refractivity contribution in [1.82, 2.24) is 15.5 Å². The first-order valence-electron chi connectivity index (χ1n) is 12.7. The molecule has 7 heteroatoms. The fourth-order valence-electron chi connectivity index (χ4n) is 5.84. The highest BCUT2D eigenvalue weighted by Crippen LogP contribution is 2.65. The summed E-state index contributed by atoms with van der Waals surface area (Å²) in [5, 5.41) is 5.42. The minimum absolute atomic E-state index is 0.00367. The summed E-state index contributed by atoms with van der Waals surface area (Å²) in [4.78, 5) is 53.8. The summed E-state index contributed by atoms with van der Waals surface area (Å²) in [5.41, 5.74) is 0.00367. The van der Waals surface area contributed by atoms with Gasteiger partial charge in [-0.05, 0) is 30.1 Å². The van der Waals surface area contributed by atoms with Gasteiger partial charge in [-0.3, -0.25) is 19.2 Å². The Bertz CT molecular complexity index is 777. The van der Waals surface area contributed by atoms with Crippen molar-refractivity contribution in [3.63, 3.8) is 0 Å². The lowest BCUT2D eigenvalue weighted by Crippen LogP contribution is -2.55. The van der Waals surface area contributed by atoms with Gasteiger partial charge in [-0.15, -0.1) is 6.58 Å². The molecule has 33 heavy (non-hydrogen) atoms. The number of carbonyl (C=O) groups excluding carboxylic acids is 4. The molecule has 0 bridgehead atoms. The first-order valence-corrected chi connectivity index (χ1v) is 12.7. The zero-order chi connectivity index (χ0) is 24.2. The summed E-state index contributed by atoms with van der Waals surface area (Å²) in [6.07, 6.45) is 10.0. The lowest BCUT2D eigenvalue weighted by atomic mass is 9.95. The van der Waals surface area contributed by atoms with Crippen molar-refractivity contribution in [2.75, 3.05) is 13.1 Å². The fourth-order valence-corrected chi connectivity index (χ4v) is 5.84. The number of nitrogens with zero attached hydrogens (tertiary/aromatic N) is 1. The number of nitrogens with one attached hydrogen (secondary N) is 2. The zero-order valence-corrected chi connectivity index (χ0v) is 20.5. The third-order valence-electron chi connectivity index (χ3n) is 8.08. The highest BCUT2D eigenvalue weighted by Gasteiger charge is 2.69. The number of piperidine rings is 1. The van der Waals surface area contributed by atoms with Gasteiger partial charge in [0.2, 0.25) is 17.6 Å². The predicted molar refractivity (Wildman–Crippen MR) is 127 cm³/mol. The molecule has 2 heterocycles. The van der Waals surface area contributed by atoms with E-state index in [1.807, 2.05) is 6.92 Å². The number of ketones is 1. The molecule has 3 rings (SSSR count). The molecule has 1 aliphatic carbocycles. The van der Waals surface area contributed by atoms with Crippen LogP contribution in [0.1, 0.15) is 78.6 Å². The molecule has 184 valence electrons. The van der Waals surface area contributed by atoms with E-state index < -0.39 is 23.8 Å². The average Bonchev–Trinajstić information content (AvgIpc) is 3.12. The maximum absolute atomic E-state index is 13.5. The summed E-state index contributed by atoms with van der Waals surface area (Å²) in [6, 6.07) is -1.44. The smallest absolute Gasteiger partial charge is 0.289 e. The maximum Gasteiger partial charge on any atom is 0.289 e. The molecule has 2 saturated heterocycles. The van der Waals surface area contributed by atoms with Crippen LogP contribution in [0.5, 0.6) is 0 Å². The first kappa shape index (κ1) is 25.4. The molecule has 3 aliphatic rings. The Kier molecular flexibility index (Phi) is 8.35. The van der Waals surface area contributed by atoms with Crippen molar-refractivity contribution in [1.29, 1.82) is 0 Å². The first-order chi connectivity index (χ1) is 15.7. The minimum atomic E-state index is -0.870. The van der Waals surface area contributed by atoms with Crippen LogP contribution >= 0.6 is 0 Å². The van der Waals surface area contributed by atoms with Crippen LogP contribution in [0.4, 0.5) is 0 Å². The lowest BCUT2D eigenvalue weighted by Gasteiger charge is -2.33. The Labute approximate surface area is 198 Å². The van der Waals surface area contributed by atoms with Gasteiger partial charge in [0.1, 0.15) is 6.04 Å². The van der Waals surface area contributed by atoms with Gasteiger partial charge in [-0.2, -0.15) is 0 Å². The SMILES string of the molecule is C=CCNC(=O)C(=O)[C@@H]1CCCCCCCCC[C@H](C)C(=O)N2C[C@H]3[C@@H]([C@H]2C(=O)N1)C3(C)C. The van der Waals surface area contributed by atoms with Gasteiger partial charge in [-0.1, -0.05) is 71.8 Å². The number of hydrogen-bond acceptors (Lipinski definition) is 4. The average molecular weight is 460 g/mol. The van der Waals surface area contributed by atoms with Gasteiger partial charge >= 0.3 is 0 Å². The van der Waals surface area contributed by atoms with Gasteiger partial charge in [0, 0.05) is 19.0 Å². The zero-order valence-electron chi connectivity index (χ0n) is 20.5. The van der Waals surface area contributed by atoms with Gasteiger partial charge in [-0.25, -0.2) is 0 Å². The molecule has 0 aromatic carbocycles. The summed E-state index contributed by atoms with van der Waals surface area (Å²) in [6.45, 7) is 10.6. The van der Waals surface area contributed by atoms with Crippen molar-refractivity contribution in [3.8, 4) is 0 Å². The van der Waals surface area contributed by atoms with Crippen molar-refractivity contribution in [3.05, 3.63) is 12.7 Å². The van der Waals surface area contributed by atoms with E-state index in [4.69, 9.17) is 0 Å². The molecular weight excluding hydrogens is 418 g/mol. The fraction of sp³-hybridized carbons (Fsp3) is 0.769. The van der Waals surface area contributed by atoms with Crippen molar-refractivity contribution in [2.24, 2.45) is 23.2 Å². The number of fused-ring (bicyclic) bond motifs is 3. The van der Waals surface area contributed by atoms with E-state index in [-0.39, 0.29) is 35.6 Å². The van der Waals surface area contributed by atoms with Crippen LogP contribution in [0, 0.1) is 23.2 Å². The van der Waals surface area contributed by atoms with E-state index in [0.717, 1.165) is 51.4 Å². The monoisotopic (exact) mass is 459 g/mol. The second kappa shape index (κ2) is 10.8. The Morgan fingerprint density at radius 1 is 1.09 bits per heavy atom. The van der Waals surface area contributed by atoms with Gasteiger partial charge in [0.25, 0.3) is 5.91 Å². The van der Waals surface area contributed by atoms with E-state index in [1.54, 1.807) is 4.90 Å². The van der Waals surface area contributed by atoms with Gasteiger partial charge in [0.05, 0.1) is 6.04 Å². The van der Waals surface area contributed by atoms with Crippen LogP contribution in [-0.2, 0) is 19.2 Å². The highest BCUT2D eigenvalue weighted by molar-refractivity contribution is 6.38. The van der Waals surface area contributed by atoms with E-state index in [0.29, 0.717) is 18.9 Å². The van der Waals surface area contributed by atoms with Gasteiger partial charge < -0.3 is 15.5 Å². The second-order valence-corrected chi connectivity index (χ2v) is 10.8. The van der Waals surface area contributed by atoms with Crippen LogP contribution in [0.25, 0.3) is 0 Å². The molecule has 0 unspecified atom stereocenters. The lowest BCUT2D eigenvalue weighted by molar-refractivity contribution is -0.145. The molecule has 0 aromatic rings. The number of Topliss-reactive ketones (excluding diaryl/α,β-unsaturated/α-hetero) is 1. The number of hydrogen-bond donors (Lipinski definition) is 2. The number of carbonyl (C=O) groups is 4. The predicted octanol–water partition coefficient (Wildman–Crippen LogP) is 2.99. The van der Waals surface area contributed by atoms with Crippen molar-refractivity contribution >= 4 is 23.5 Å². The normalized spacial score (nSPS) is 32.8. The van der Waals surface area contributed by atoms with Crippen molar-refractivity contribution < 1.29 is 19.2 Å².